The van der Waals surface area contributed by atoms with Crippen LogP contribution in [-0.2, 0) is 32.6 Å². The van der Waals surface area contributed by atoms with Crippen molar-refractivity contribution in [2.75, 3.05) is 24.2 Å². The summed E-state index contributed by atoms with van der Waals surface area (Å²) in [6, 6.07) is 20.3. The number of sulfonamides is 1. The van der Waals surface area contributed by atoms with Crippen LogP contribution in [0, 0.1) is 5.82 Å². The minimum atomic E-state index is -4.03. The molecule has 0 bridgehead atoms. The van der Waals surface area contributed by atoms with Gasteiger partial charge in [-0.15, -0.1) is 0 Å². The second-order valence-electron chi connectivity index (χ2n) is 8.19. The molecule has 10 heteroatoms. The van der Waals surface area contributed by atoms with E-state index in [2.05, 4.69) is 5.32 Å². The number of anilines is 1. The highest BCUT2D eigenvalue weighted by Gasteiger charge is 2.33. The first kappa shape index (κ1) is 27.2. The van der Waals surface area contributed by atoms with Gasteiger partial charge in [-0.3, -0.25) is 13.9 Å². The molecule has 36 heavy (non-hydrogen) atoms. The first-order valence-corrected chi connectivity index (χ1v) is 13.3. The number of benzene rings is 3. The molecule has 3 aromatic rings. The molecule has 190 valence electrons. The molecule has 3 rings (SSSR count). The molecule has 0 aliphatic rings. The molecule has 0 heterocycles. The van der Waals surface area contributed by atoms with E-state index in [0.717, 1.165) is 17.9 Å². The number of para-hydroxylation sites is 1. The van der Waals surface area contributed by atoms with Gasteiger partial charge in [-0.05, 0) is 35.4 Å². The first-order valence-electron chi connectivity index (χ1n) is 11.1. The summed E-state index contributed by atoms with van der Waals surface area (Å²) in [5, 5.41) is 3.04. The van der Waals surface area contributed by atoms with Crippen LogP contribution in [-0.4, -0.2) is 51.0 Å². The molecule has 3 aromatic carbocycles. The van der Waals surface area contributed by atoms with Crippen LogP contribution in [0.3, 0.4) is 0 Å². The zero-order chi connectivity index (χ0) is 26.3. The Morgan fingerprint density at radius 2 is 1.61 bits per heavy atom. The lowest BCUT2D eigenvalue weighted by Crippen LogP contribution is -2.53. The zero-order valence-electron chi connectivity index (χ0n) is 19.9. The van der Waals surface area contributed by atoms with Crippen molar-refractivity contribution in [3.63, 3.8) is 0 Å². The van der Waals surface area contributed by atoms with Crippen LogP contribution >= 0.6 is 11.6 Å². The third-order valence-electron chi connectivity index (χ3n) is 5.56. The number of nitrogens with one attached hydrogen (secondary N) is 1. The molecule has 0 aromatic heterocycles. The van der Waals surface area contributed by atoms with Crippen molar-refractivity contribution in [3.05, 3.63) is 101 Å². The van der Waals surface area contributed by atoms with E-state index in [4.69, 9.17) is 11.6 Å². The Morgan fingerprint density at radius 1 is 0.972 bits per heavy atom. The maximum Gasteiger partial charge on any atom is 0.244 e. The number of rotatable bonds is 10. The Morgan fingerprint density at radius 3 is 2.22 bits per heavy atom. The van der Waals surface area contributed by atoms with E-state index in [1.807, 2.05) is 30.3 Å². The van der Waals surface area contributed by atoms with Gasteiger partial charge in [0, 0.05) is 25.0 Å². The SMILES string of the molecule is CNC(=O)[C@@H](Cc1ccccc1)N(Cc1cccc(Cl)c1)C(=O)CN(c1ccccc1F)S(C)(=O)=O. The number of hydrogen-bond acceptors (Lipinski definition) is 4. The minimum Gasteiger partial charge on any atom is -0.357 e. The second-order valence-corrected chi connectivity index (χ2v) is 10.5. The average molecular weight is 532 g/mol. The van der Waals surface area contributed by atoms with Gasteiger partial charge in [-0.25, -0.2) is 12.8 Å². The van der Waals surface area contributed by atoms with Gasteiger partial charge in [0.25, 0.3) is 0 Å². The highest BCUT2D eigenvalue weighted by Crippen LogP contribution is 2.23. The van der Waals surface area contributed by atoms with Crippen molar-refractivity contribution in [1.82, 2.24) is 10.2 Å². The lowest BCUT2D eigenvalue weighted by atomic mass is 10.0. The number of carbonyl (C=O) groups is 2. The number of halogens is 2. The van der Waals surface area contributed by atoms with Crippen LogP contribution in [0.2, 0.25) is 5.02 Å². The van der Waals surface area contributed by atoms with E-state index in [1.165, 1.54) is 30.1 Å². The van der Waals surface area contributed by atoms with Gasteiger partial charge in [0.2, 0.25) is 21.8 Å². The van der Waals surface area contributed by atoms with Gasteiger partial charge >= 0.3 is 0 Å². The molecule has 0 radical (unpaired) electrons. The molecule has 0 spiro atoms. The standard InChI is InChI=1S/C26H27ClFN3O4S/c1-29-26(33)24(16-19-9-4-3-5-10-19)30(17-20-11-8-12-21(27)15-20)25(32)18-31(36(2,34)35)23-14-7-6-13-22(23)28/h3-15,24H,16-18H2,1-2H3,(H,29,33)/t24-/m1/s1. The van der Waals surface area contributed by atoms with Crippen molar-refractivity contribution < 1.29 is 22.4 Å². The zero-order valence-corrected chi connectivity index (χ0v) is 21.5. The highest BCUT2D eigenvalue weighted by atomic mass is 35.5. The summed E-state index contributed by atoms with van der Waals surface area (Å²) in [6.07, 6.45) is 1.08. The lowest BCUT2D eigenvalue weighted by Gasteiger charge is -2.33. The number of carbonyl (C=O) groups excluding carboxylic acids is 2. The molecule has 0 aliphatic heterocycles. The predicted octanol–water partition coefficient (Wildman–Crippen LogP) is 3.63. The van der Waals surface area contributed by atoms with Gasteiger partial charge in [-0.1, -0.05) is 66.2 Å². The third-order valence-corrected chi connectivity index (χ3v) is 6.92. The second kappa shape index (κ2) is 12.0. The maximum absolute atomic E-state index is 14.5. The molecule has 7 nitrogen and oxygen atoms in total. The van der Waals surface area contributed by atoms with Crippen LogP contribution < -0.4 is 9.62 Å². The van der Waals surface area contributed by atoms with Crippen LogP contribution in [0.15, 0.2) is 78.9 Å². The predicted molar refractivity (Wildman–Crippen MR) is 139 cm³/mol. The summed E-state index contributed by atoms with van der Waals surface area (Å²) in [5.41, 5.74) is 1.20. The van der Waals surface area contributed by atoms with Gasteiger partial charge in [0.05, 0.1) is 11.9 Å². The fourth-order valence-corrected chi connectivity index (χ4v) is 4.86. The molecule has 1 N–H and O–H groups in total. The van der Waals surface area contributed by atoms with Crippen LogP contribution in [0.1, 0.15) is 11.1 Å². The van der Waals surface area contributed by atoms with Gasteiger partial charge in [0.1, 0.15) is 18.4 Å². The van der Waals surface area contributed by atoms with Crippen LogP contribution in [0.5, 0.6) is 0 Å². The molecule has 0 unspecified atom stereocenters. The van der Waals surface area contributed by atoms with Gasteiger partial charge in [0.15, 0.2) is 0 Å². The molecule has 0 saturated heterocycles. The van der Waals surface area contributed by atoms with E-state index in [0.29, 0.717) is 14.9 Å². The van der Waals surface area contributed by atoms with E-state index >= 15 is 0 Å². The number of amides is 2. The van der Waals surface area contributed by atoms with E-state index in [9.17, 15) is 22.4 Å². The van der Waals surface area contributed by atoms with Crippen molar-refractivity contribution in [2.45, 2.75) is 19.0 Å². The lowest BCUT2D eigenvalue weighted by molar-refractivity contribution is -0.139. The summed E-state index contributed by atoms with van der Waals surface area (Å²) in [7, 11) is -2.57. The topological polar surface area (TPSA) is 86.8 Å². The van der Waals surface area contributed by atoms with Crippen LogP contribution in [0.25, 0.3) is 0 Å². The largest absolute Gasteiger partial charge is 0.357 e. The summed E-state index contributed by atoms with van der Waals surface area (Å²) in [4.78, 5) is 28.0. The molecule has 1 atom stereocenters. The van der Waals surface area contributed by atoms with E-state index < -0.39 is 40.2 Å². The van der Waals surface area contributed by atoms with Crippen molar-refractivity contribution >= 4 is 39.1 Å². The number of likely N-dealkylation sites (N-methyl/N-ethyl adjacent to an activating group) is 1. The summed E-state index contributed by atoms with van der Waals surface area (Å²) in [5.74, 6) is -1.89. The maximum atomic E-state index is 14.5. The summed E-state index contributed by atoms with van der Waals surface area (Å²) in [6.45, 7) is -0.707. The summed E-state index contributed by atoms with van der Waals surface area (Å²) < 4.78 is 40.4. The molecule has 0 saturated carbocycles. The number of hydrogen-bond donors (Lipinski definition) is 1. The van der Waals surface area contributed by atoms with Crippen LogP contribution in [0.4, 0.5) is 10.1 Å². The fourth-order valence-electron chi connectivity index (χ4n) is 3.80. The average Bonchev–Trinajstić information content (AvgIpc) is 2.84. The van der Waals surface area contributed by atoms with E-state index in [-0.39, 0.29) is 18.7 Å². The Bertz CT molecular complexity index is 1320. The van der Waals surface area contributed by atoms with E-state index in [1.54, 1.807) is 24.3 Å². The number of nitrogens with zero attached hydrogens (tertiary/aromatic N) is 2. The Hall–Kier alpha value is -3.43. The Kier molecular flexibility index (Phi) is 9.06. The monoisotopic (exact) mass is 531 g/mol. The normalized spacial score (nSPS) is 12.0. The molecule has 2 amide bonds. The quantitative estimate of drug-likeness (QED) is 0.433. The Balaban J connectivity index is 2.04. The molecule has 0 aliphatic carbocycles. The Labute approximate surface area is 215 Å². The van der Waals surface area contributed by atoms with Crippen molar-refractivity contribution in [3.8, 4) is 0 Å². The molecular formula is C26H27ClFN3O4S. The van der Waals surface area contributed by atoms with Gasteiger partial charge in [-0.2, -0.15) is 0 Å². The highest BCUT2D eigenvalue weighted by molar-refractivity contribution is 7.92. The third kappa shape index (κ3) is 7.05. The van der Waals surface area contributed by atoms with Crippen molar-refractivity contribution in [1.29, 1.82) is 0 Å². The minimum absolute atomic E-state index is 0.0147. The van der Waals surface area contributed by atoms with Crippen molar-refractivity contribution in [2.24, 2.45) is 0 Å². The summed E-state index contributed by atoms with van der Waals surface area (Å²) >= 11 is 6.14. The van der Waals surface area contributed by atoms with Gasteiger partial charge < -0.3 is 10.2 Å². The first-order chi connectivity index (χ1) is 17.1. The molecular weight excluding hydrogens is 505 g/mol. The smallest absolute Gasteiger partial charge is 0.244 e. The molecule has 0 fully saturated rings. The fraction of sp³-hybridized carbons (Fsp3) is 0.231.